The topological polar surface area (TPSA) is 127 Å². The van der Waals surface area contributed by atoms with E-state index in [1.54, 1.807) is 19.9 Å². The van der Waals surface area contributed by atoms with Gasteiger partial charge in [-0.05, 0) is 26.0 Å². The SMILES string of the molecule is Cc1nc(NC(=O)NS(=O)(=O)OC(=O)c2ccccc2)nc(C)c1Cl. The predicted octanol–water partition coefficient (Wildman–Crippen LogP) is 1.97. The van der Waals surface area contributed by atoms with Crippen LogP contribution in [0.3, 0.4) is 0 Å². The van der Waals surface area contributed by atoms with Crippen molar-refractivity contribution >= 4 is 39.9 Å². The van der Waals surface area contributed by atoms with E-state index in [0.29, 0.717) is 16.4 Å². The van der Waals surface area contributed by atoms with Gasteiger partial charge in [0.1, 0.15) is 0 Å². The molecule has 0 radical (unpaired) electrons. The van der Waals surface area contributed by atoms with Gasteiger partial charge in [-0.15, -0.1) is 0 Å². The molecular formula is C14H13ClN4O5S. The molecule has 0 spiro atoms. The number of nitrogens with one attached hydrogen (secondary N) is 2. The molecule has 0 saturated carbocycles. The summed E-state index contributed by atoms with van der Waals surface area (Å²) in [4.78, 5) is 31.3. The molecule has 1 heterocycles. The first-order valence-electron chi connectivity index (χ1n) is 6.81. The van der Waals surface area contributed by atoms with Crippen molar-refractivity contribution in [2.75, 3.05) is 5.32 Å². The van der Waals surface area contributed by atoms with Crippen molar-refractivity contribution in [2.45, 2.75) is 13.8 Å². The van der Waals surface area contributed by atoms with Gasteiger partial charge in [0.05, 0.1) is 22.0 Å². The Morgan fingerprint density at radius 2 is 1.64 bits per heavy atom. The summed E-state index contributed by atoms with van der Waals surface area (Å²) in [6.07, 6.45) is 0. The second kappa shape index (κ2) is 7.45. The molecule has 2 rings (SSSR count). The molecule has 0 aliphatic rings. The fourth-order valence-corrected chi connectivity index (χ4v) is 2.44. The number of benzene rings is 1. The molecule has 0 aliphatic heterocycles. The first-order chi connectivity index (χ1) is 11.7. The number of carbonyl (C=O) groups excluding carboxylic acids is 2. The summed E-state index contributed by atoms with van der Waals surface area (Å²) < 4.78 is 29.3. The van der Waals surface area contributed by atoms with Gasteiger partial charge in [0.25, 0.3) is 0 Å². The quantitative estimate of drug-likeness (QED) is 0.824. The standard InChI is InChI=1S/C14H13ClN4O5S/c1-8-11(15)9(2)17-13(16-8)18-14(21)19-25(22,23)24-12(20)10-6-4-3-5-7-10/h3-7H,1-2H3,(H2,16,17,18,19,21). The van der Waals surface area contributed by atoms with Crippen molar-refractivity contribution in [3.63, 3.8) is 0 Å². The van der Waals surface area contributed by atoms with E-state index in [4.69, 9.17) is 11.6 Å². The fourth-order valence-electron chi connectivity index (χ4n) is 1.74. The monoisotopic (exact) mass is 384 g/mol. The Labute approximate surface area is 148 Å². The van der Waals surface area contributed by atoms with Crippen LogP contribution in [0.2, 0.25) is 5.02 Å². The Morgan fingerprint density at radius 1 is 1.08 bits per heavy atom. The van der Waals surface area contributed by atoms with Crippen molar-refractivity contribution in [1.82, 2.24) is 14.7 Å². The van der Waals surface area contributed by atoms with Gasteiger partial charge in [0.2, 0.25) is 5.95 Å². The first-order valence-corrected chi connectivity index (χ1v) is 8.60. The minimum absolute atomic E-state index is 0.0144. The largest absolute Gasteiger partial charge is 0.413 e. The molecule has 2 amide bonds. The number of carbonyl (C=O) groups is 2. The number of nitrogens with zero attached hydrogens (tertiary/aromatic N) is 2. The van der Waals surface area contributed by atoms with Crippen LogP contribution in [0.1, 0.15) is 21.7 Å². The maximum atomic E-state index is 11.7. The van der Waals surface area contributed by atoms with Gasteiger partial charge in [-0.1, -0.05) is 29.8 Å². The molecule has 1 aromatic heterocycles. The summed E-state index contributed by atoms with van der Waals surface area (Å²) in [5, 5.41) is 2.45. The molecule has 0 unspecified atom stereocenters. The third-order valence-electron chi connectivity index (χ3n) is 2.82. The maximum Gasteiger partial charge on any atom is 0.413 e. The highest BCUT2D eigenvalue weighted by molar-refractivity contribution is 7.85. The minimum atomic E-state index is -4.67. The number of aryl methyl sites for hydroxylation is 2. The van der Waals surface area contributed by atoms with Crippen LogP contribution in [-0.4, -0.2) is 30.4 Å². The third-order valence-corrected chi connectivity index (χ3v) is 4.17. The van der Waals surface area contributed by atoms with Crippen LogP contribution in [0, 0.1) is 13.8 Å². The third kappa shape index (κ3) is 5.13. The molecular weight excluding hydrogens is 372 g/mol. The Bertz CT molecular complexity index is 895. The number of urea groups is 1. The van der Waals surface area contributed by atoms with Crippen molar-refractivity contribution in [2.24, 2.45) is 0 Å². The van der Waals surface area contributed by atoms with Crippen LogP contribution in [0.15, 0.2) is 30.3 Å². The molecule has 2 N–H and O–H groups in total. The van der Waals surface area contributed by atoms with Gasteiger partial charge in [-0.3, -0.25) is 5.32 Å². The molecule has 25 heavy (non-hydrogen) atoms. The van der Waals surface area contributed by atoms with Gasteiger partial charge < -0.3 is 4.18 Å². The molecule has 2 aromatic rings. The molecule has 9 nitrogen and oxygen atoms in total. The second-order valence-corrected chi connectivity index (χ2v) is 6.44. The summed E-state index contributed by atoms with van der Waals surface area (Å²) in [6, 6.07) is 6.25. The Morgan fingerprint density at radius 3 is 2.20 bits per heavy atom. The van der Waals surface area contributed by atoms with Gasteiger partial charge >= 0.3 is 22.3 Å². The van der Waals surface area contributed by atoms with E-state index in [-0.39, 0.29) is 11.5 Å². The van der Waals surface area contributed by atoms with Crippen LogP contribution in [0.4, 0.5) is 10.7 Å². The summed E-state index contributed by atoms with van der Waals surface area (Å²) in [5.41, 5.74) is 0.825. The van der Waals surface area contributed by atoms with E-state index in [1.807, 2.05) is 0 Å². The normalized spacial score (nSPS) is 10.8. The fraction of sp³-hybridized carbons (Fsp3) is 0.143. The Hall–Kier alpha value is -2.72. The lowest BCUT2D eigenvalue weighted by Gasteiger charge is -2.09. The number of amides is 2. The summed E-state index contributed by atoms with van der Waals surface area (Å²) in [6.45, 7) is 3.19. The van der Waals surface area contributed by atoms with Gasteiger partial charge in [0.15, 0.2) is 0 Å². The van der Waals surface area contributed by atoms with Crippen molar-refractivity contribution < 1.29 is 22.2 Å². The van der Waals surface area contributed by atoms with Crippen molar-refractivity contribution in [3.05, 3.63) is 52.3 Å². The van der Waals surface area contributed by atoms with Gasteiger partial charge in [-0.2, -0.15) is 8.42 Å². The lowest BCUT2D eigenvalue weighted by molar-refractivity contribution is 0.0745. The number of hydrogen-bond donors (Lipinski definition) is 2. The van der Waals surface area contributed by atoms with E-state index in [1.165, 1.54) is 29.0 Å². The predicted molar refractivity (Wildman–Crippen MR) is 89.4 cm³/mol. The van der Waals surface area contributed by atoms with E-state index in [2.05, 4.69) is 19.5 Å². The zero-order chi connectivity index (χ0) is 18.6. The molecule has 1 aromatic carbocycles. The number of halogens is 1. The van der Waals surface area contributed by atoms with Crippen LogP contribution in [0.25, 0.3) is 0 Å². The molecule has 0 fully saturated rings. The number of hydrogen-bond acceptors (Lipinski definition) is 7. The van der Waals surface area contributed by atoms with E-state index in [0.717, 1.165) is 0 Å². The molecule has 0 bridgehead atoms. The zero-order valence-electron chi connectivity index (χ0n) is 13.1. The molecule has 0 aliphatic carbocycles. The highest BCUT2D eigenvalue weighted by Crippen LogP contribution is 2.17. The van der Waals surface area contributed by atoms with Gasteiger partial charge in [-0.25, -0.2) is 24.3 Å². The lowest BCUT2D eigenvalue weighted by Crippen LogP contribution is -2.37. The van der Waals surface area contributed by atoms with E-state index >= 15 is 0 Å². The highest BCUT2D eigenvalue weighted by atomic mass is 35.5. The number of rotatable bonds is 4. The van der Waals surface area contributed by atoms with E-state index < -0.39 is 22.3 Å². The Balaban J connectivity index is 2.03. The Kier molecular flexibility index (Phi) is 5.55. The van der Waals surface area contributed by atoms with Crippen molar-refractivity contribution in [1.29, 1.82) is 0 Å². The highest BCUT2D eigenvalue weighted by Gasteiger charge is 2.22. The number of anilines is 1. The maximum absolute atomic E-state index is 11.7. The first kappa shape index (κ1) is 18.6. The summed E-state index contributed by atoms with van der Waals surface area (Å²) >= 11 is 5.90. The summed E-state index contributed by atoms with van der Waals surface area (Å²) in [5.74, 6) is -1.28. The van der Waals surface area contributed by atoms with Crippen LogP contribution in [-0.2, 0) is 14.5 Å². The van der Waals surface area contributed by atoms with Crippen LogP contribution >= 0.6 is 11.6 Å². The van der Waals surface area contributed by atoms with Crippen LogP contribution < -0.4 is 10.0 Å². The lowest BCUT2D eigenvalue weighted by atomic mass is 10.2. The smallest absolute Gasteiger partial charge is 0.325 e. The molecule has 132 valence electrons. The molecule has 0 atom stereocenters. The minimum Gasteiger partial charge on any atom is -0.325 e. The zero-order valence-corrected chi connectivity index (χ0v) is 14.7. The molecule has 11 heteroatoms. The average Bonchev–Trinajstić information content (AvgIpc) is 2.52. The second-order valence-electron chi connectivity index (χ2n) is 4.78. The summed E-state index contributed by atoms with van der Waals surface area (Å²) in [7, 11) is -4.67. The number of aromatic nitrogens is 2. The van der Waals surface area contributed by atoms with Crippen molar-refractivity contribution in [3.8, 4) is 0 Å². The van der Waals surface area contributed by atoms with Crippen LogP contribution in [0.5, 0.6) is 0 Å². The average molecular weight is 385 g/mol. The van der Waals surface area contributed by atoms with Gasteiger partial charge in [0, 0.05) is 0 Å². The molecule has 0 saturated heterocycles. The van der Waals surface area contributed by atoms with E-state index in [9.17, 15) is 18.0 Å².